The number of aromatic nitrogens is 2. The number of benzene rings is 7. The van der Waals surface area contributed by atoms with Gasteiger partial charge < -0.3 is 9.13 Å². The molecule has 0 bridgehead atoms. The average Bonchev–Trinajstić information content (AvgIpc) is 3.72. The van der Waals surface area contributed by atoms with Gasteiger partial charge in [0.25, 0.3) is 0 Å². The Bertz CT molecular complexity index is 2680. The van der Waals surface area contributed by atoms with Crippen molar-refractivity contribution in [2.45, 2.75) is 19.3 Å². The predicted octanol–water partition coefficient (Wildman–Crippen LogP) is 11.9. The van der Waals surface area contributed by atoms with Crippen molar-refractivity contribution in [3.63, 3.8) is 0 Å². The molecular weight excluding hydrogens is 569 g/mol. The molecule has 47 heavy (non-hydrogen) atoms. The number of fused-ring (bicyclic) bond motifs is 10. The van der Waals surface area contributed by atoms with Crippen LogP contribution in [0, 0.1) is 0 Å². The molecular formula is C45H32N2. The van der Waals surface area contributed by atoms with Crippen molar-refractivity contribution in [1.29, 1.82) is 0 Å². The van der Waals surface area contributed by atoms with Crippen molar-refractivity contribution in [3.05, 3.63) is 169 Å². The molecule has 0 spiro atoms. The molecule has 10 rings (SSSR count). The van der Waals surface area contributed by atoms with Crippen LogP contribution in [0.1, 0.15) is 25.0 Å². The summed E-state index contributed by atoms with van der Waals surface area (Å²) < 4.78 is 4.90. The van der Waals surface area contributed by atoms with E-state index in [1.807, 2.05) is 0 Å². The molecule has 0 saturated heterocycles. The third kappa shape index (κ3) is 3.61. The van der Waals surface area contributed by atoms with Crippen LogP contribution in [0.5, 0.6) is 0 Å². The second-order valence-electron chi connectivity index (χ2n) is 13.4. The Morgan fingerprint density at radius 2 is 0.894 bits per heavy atom. The lowest BCUT2D eigenvalue weighted by atomic mass is 9.82. The predicted molar refractivity (Wildman–Crippen MR) is 198 cm³/mol. The van der Waals surface area contributed by atoms with Crippen LogP contribution in [0.15, 0.2) is 158 Å². The molecule has 2 aromatic heterocycles. The molecule has 7 aromatic carbocycles. The van der Waals surface area contributed by atoms with Crippen LogP contribution < -0.4 is 0 Å². The van der Waals surface area contributed by atoms with Gasteiger partial charge in [0, 0.05) is 38.3 Å². The highest BCUT2D eigenvalue weighted by molar-refractivity contribution is 6.28. The molecule has 0 N–H and O–H groups in total. The Hall–Kier alpha value is -5.86. The van der Waals surface area contributed by atoms with Crippen LogP contribution in [0.4, 0.5) is 0 Å². The minimum Gasteiger partial charge on any atom is -0.309 e. The Morgan fingerprint density at radius 3 is 1.57 bits per heavy atom. The number of hydrogen-bond donors (Lipinski definition) is 0. The van der Waals surface area contributed by atoms with E-state index in [2.05, 4.69) is 181 Å². The summed E-state index contributed by atoms with van der Waals surface area (Å²) in [7, 11) is 0. The maximum Gasteiger partial charge on any atom is 0.0548 e. The third-order valence-corrected chi connectivity index (χ3v) is 10.5. The van der Waals surface area contributed by atoms with E-state index < -0.39 is 0 Å². The molecule has 0 amide bonds. The van der Waals surface area contributed by atoms with Gasteiger partial charge in [0.1, 0.15) is 0 Å². The molecule has 0 saturated carbocycles. The van der Waals surface area contributed by atoms with Gasteiger partial charge in [-0.25, -0.2) is 0 Å². The molecule has 0 aliphatic heterocycles. The largest absolute Gasteiger partial charge is 0.309 e. The van der Waals surface area contributed by atoms with Crippen LogP contribution in [-0.2, 0) is 5.41 Å². The molecule has 1 aliphatic carbocycles. The maximum absolute atomic E-state index is 2.47. The summed E-state index contributed by atoms with van der Waals surface area (Å²) in [6.07, 6.45) is 0. The highest BCUT2D eigenvalue weighted by atomic mass is 15.0. The summed E-state index contributed by atoms with van der Waals surface area (Å²) in [5.74, 6) is 0. The Kier molecular flexibility index (Phi) is 5.37. The number of nitrogens with zero attached hydrogens (tertiary/aromatic N) is 2. The molecule has 9 aromatic rings. The molecule has 0 unspecified atom stereocenters. The van der Waals surface area contributed by atoms with Crippen LogP contribution in [-0.4, -0.2) is 9.13 Å². The lowest BCUT2D eigenvalue weighted by Gasteiger charge is -2.21. The smallest absolute Gasteiger partial charge is 0.0548 e. The van der Waals surface area contributed by atoms with E-state index >= 15 is 0 Å². The number of rotatable bonds is 3. The van der Waals surface area contributed by atoms with Gasteiger partial charge in [0.05, 0.1) is 22.1 Å². The number of para-hydroxylation sites is 2. The SMILES string of the molecule is CC1(C)c2ccccc2-c2cc(-n3c4ccccc4c4c5c6ccccc6n(-c6ccc(-c7ccccc7)cc6)c5ccc43)ccc21. The van der Waals surface area contributed by atoms with E-state index in [9.17, 15) is 0 Å². The van der Waals surface area contributed by atoms with E-state index in [-0.39, 0.29) is 5.41 Å². The zero-order chi connectivity index (χ0) is 31.3. The normalized spacial score (nSPS) is 13.5. The van der Waals surface area contributed by atoms with Gasteiger partial charge in [-0.3, -0.25) is 0 Å². The molecule has 2 heterocycles. The van der Waals surface area contributed by atoms with Gasteiger partial charge in [-0.2, -0.15) is 0 Å². The fourth-order valence-corrected chi connectivity index (χ4v) is 8.36. The first-order chi connectivity index (χ1) is 23.1. The Labute approximate surface area is 273 Å². The Balaban J connectivity index is 1.24. The fourth-order valence-electron chi connectivity index (χ4n) is 8.36. The topological polar surface area (TPSA) is 9.86 Å². The first-order valence-electron chi connectivity index (χ1n) is 16.5. The van der Waals surface area contributed by atoms with Gasteiger partial charge in [-0.15, -0.1) is 0 Å². The van der Waals surface area contributed by atoms with Crippen LogP contribution in [0.25, 0.3) is 77.2 Å². The van der Waals surface area contributed by atoms with Gasteiger partial charge >= 0.3 is 0 Å². The third-order valence-electron chi connectivity index (χ3n) is 10.5. The van der Waals surface area contributed by atoms with Gasteiger partial charge in [-0.05, 0) is 81.9 Å². The molecule has 1 aliphatic rings. The van der Waals surface area contributed by atoms with Crippen molar-refractivity contribution in [2.24, 2.45) is 0 Å². The molecule has 2 heteroatoms. The van der Waals surface area contributed by atoms with E-state index in [0.29, 0.717) is 0 Å². The van der Waals surface area contributed by atoms with E-state index in [1.54, 1.807) is 0 Å². The highest BCUT2D eigenvalue weighted by Gasteiger charge is 2.35. The quantitative estimate of drug-likeness (QED) is 0.191. The van der Waals surface area contributed by atoms with Crippen molar-refractivity contribution < 1.29 is 0 Å². The fraction of sp³-hybridized carbons (Fsp3) is 0.0667. The first-order valence-corrected chi connectivity index (χ1v) is 16.5. The van der Waals surface area contributed by atoms with E-state index in [0.717, 1.165) is 0 Å². The second kappa shape index (κ2) is 9.57. The van der Waals surface area contributed by atoms with Gasteiger partial charge in [0.2, 0.25) is 0 Å². The molecule has 222 valence electrons. The summed E-state index contributed by atoms with van der Waals surface area (Å²) in [5.41, 5.74) is 15.2. The molecule has 2 nitrogen and oxygen atoms in total. The molecule has 0 fully saturated rings. The lowest BCUT2D eigenvalue weighted by molar-refractivity contribution is 0.660. The first kappa shape index (κ1) is 26.4. The summed E-state index contributed by atoms with van der Waals surface area (Å²) in [4.78, 5) is 0. The summed E-state index contributed by atoms with van der Waals surface area (Å²) in [5, 5.41) is 5.15. The van der Waals surface area contributed by atoms with Crippen molar-refractivity contribution in [2.75, 3.05) is 0 Å². The minimum absolute atomic E-state index is 0.0153. The van der Waals surface area contributed by atoms with Crippen molar-refractivity contribution in [1.82, 2.24) is 9.13 Å². The molecule has 0 radical (unpaired) electrons. The Morgan fingerprint density at radius 1 is 0.383 bits per heavy atom. The zero-order valence-corrected chi connectivity index (χ0v) is 26.4. The average molecular weight is 601 g/mol. The highest BCUT2D eigenvalue weighted by Crippen LogP contribution is 2.50. The van der Waals surface area contributed by atoms with Crippen molar-refractivity contribution >= 4 is 43.6 Å². The summed E-state index contributed by atoms with van der Waals surface area (Å²) in [6.45, 7) is 4.69. The summed E-state index contributed by atoms with van der Waals surface area (Å²) in [6, 6.07) is 58.0. The van der Waals surface area contributed by atoms with E-state index in [4.69, 9.17) is 0 Å². The van der Waals surface area contributed by atoms with Crippen molar-refractivity contribution in [3.8, 4) is 33.6 Å². The zero-order valence-electron chi connectivity index (χ0n) is 26.4. The maximum atomic E-state index is 2.47. The van der Waals surface area contributed by atoms with E-state index in [1.165, 1.54) is 88.4 Å². The number of hydrogen-bond acceptors (Lipinski definition) is 0. The molecule has 0 atom stereocenters. The summed E-state index contributed by atoms with van der Waals surface area (Å²) >= 11 is 0. The second-order valence-corrected chi connectivity index (χ2v) is 13.4. The van der Waals surface area contributed by atoms with Crippen LogP contribution in [0.2, 0.25) is 0 Å². The lowest BCUT2D eigenvalue weighted by Crippen LogP contribution is -2.14. The van der Waals surface area contributed by atoms with Gasteiger partial charge in [-0.1, -0.05) is 123 Å². The monoisotopic (exact) mass is 600 g/mol. The van der Waals surface area contributed by atoms with Crippen LogP contribution >= 0.6 is 0 Å². The van der Waals surface area contributed by atoms with Gasteiger partial charge in [0.15, 0.2) is 0 Å². The standard InChI is InChI=1S/C45H32N2/c1-45(2)37-17-9-6-14-33(37)36-28-32(24-25-38(36)45)47-40-19-11-8-16-35(40)44-42(47)27-26-41-43(44)34-15-7-10-18-39(34)46(41)31-22-20-30(21-23-31)29-12-4-3-5-13-29/h3-28H,1-2H3. The minimum atomic E-state index is -0.0153. The van der Waals surface area contributed by atoms with Crippen LogP contribution in [0.3, 0.4) is 0 Å².